The number of fused-ring (bicyclic) bond motifs is 18. The average Bonchev–Trinajstić information content (AvgIpc) is 0.701. The van der Waals surface area contributed by atoms with Gasteiger partial charge in [0.25, 0.3) is 0 Å². The topological polar surface area (TPSA) is 252 Å². The van der Waals surface area contributed by atoms with E-state index in [0.717, 1.165) is 20.8 Å². The lowest BCUT2D eigenvalue weighted by Crippen LogP contribution is -2.48. The Kier molecular flexibility index (Phi) is 20.8. The second kappa shape index (κ2) is 49.1. The fourth-order valence-corrected chi connectivity index (χ4v) is 20.4. The van der Waals surface area contributed by atoms with Gasteiger partial charge >= 0.3 is 0 Å². The number of aliphatic hydroxyl groups excluding tert-OH is 6. The lowest BCUT2D eigenvalue weighted by atomic mass is 9.79. The molecule has 6 N–H and O–H groups in total. The van der Waals surface area contributed by atoms with Gasteiger partial charge in [-0.3, -0.25) is 29.4 Å². The first-order chi connectivity index (χ1) is 86.3. The Morgan fingerprint density at radius 3 is 0.594 bits per heavy atom. The van der Waals surface area contributed by atoms with Crippen molar-refractivity contribution in [3.63, 3.8) is 0 Å². The molecule has 21 atom stereocenters. The van der Waals surface area contributed by atoms with E-state index in [2.05, 4.69) is 0 Å². The molecule has 0 bridgehead atoms. The molecule has 768 valence electrons. The molecule has 6 aromatic carbocycles. The summed E-state index contributed by atoms with van der Waals surface area (Å²) in [5.74, 6) is -15.7. The summed E-state index contributed by atoms with van der Waals surface area (Å²) in [4.78, 5) is 8.88. The molecule has 0 spiro atoms. The van der Waals surface area contributed by atoms with Crippen LogP contribution in [0.2, 0.25) is 0 Å². The van der Waals surface area contributed by atoms with Crippen LogP contribution in [0, 0.1) is 70.9 Å². The summed E-state index contributed by atoms with van der Waals surface area (Å²) in [6.45, 7) is -6.48. The predicted octanol–water partition coefficient (Wildman–Crippen LogP) is 18.2. The smallest absolute Gasteiger partial charge is 0.161 e. The van der Waals surface area contributed by atoms with Crippen molar-refractivity contribution in [1.82, 2.24) is 29.4 Å². The quantitative estimate of drug-likeness (QED) is 0.0329. The number of benzene rings is 6. The molecule has 18 rings (SSSR count). The third kappa shape index (κ3) is 25.4. The fourth-order valence-electron chi connectivity index (χ4n) is 20.4. The van der Waals surface area contributed by atoms with Gasteiger partial charge in [-0.05, 0) is 326 Å². The van der Waals surface area contributed by atoms with Crippen LogP contribution in [0.25, 0.3) is 0 Å². The Hall–Kier alpha value is -7.56. The normalized spacial score (nSPS) is 37.2. The van der Waals surface area contributed by atoms with E-state index in [0.29, 0.717) is 120 Å². The SMILES string of the molecule is [2H]c1c2c(c([2H])c(OC([2H])([2H])[2H])c1OC)C1CC(O)C(C([2H])([2H])C([2H])(C)C([2H])([2H])[2H])C([2H])([2H])N1CC2.[2H]c1c2c(c([2H])c(OC([2H])([2H])[2H])c1OC)C1CC(O)C(CC(C)C)C([2H])([2H])N1CC2.[2H]c1c2c(c([2H])c(OC([2H])([2H])[2H])c1OC)C1CC(O)C(CC(C)C)C([2H])([2H])N1CC2.[2H]c1c2c(c([2H])c(OC)c1OC)C1CC(O)C(C([2H])([2H])C([2H])(C)C([2H])([2H])[2H])C([2H])([2H])N1CC2.[2H]c1c2c(c([2H])c(OC)c1OC)C1CC(O)C(C([2H])([2H])C([2H])(C)C([2H])([2H])[2H])C([2H])([2H])N1CC2.[2H]c1c2c(c([2H])c(OC)c1OC)C1CC(O)C(CC(C)C)C([2H])([2H])N1CC2. The molecule has 6 aromatic rings. The van der Waals surface area contributed by atoms with Gasteiger partial charge in [-0.15, -0.1) is 0 Å². The number of methoxy groups -OCH3 is 12. The van der Waals surface area contributed by atoms with Crippen molar-refractivity contribution in [2.45, 2.75) is 271 Å². The van der Waals surface area contributed by atoms with Gasteiger partial charge in [0.05, 0.1) is 151 Å². The van der Waals surface area contributed by atoms with Gasteiger partial charge in [0.15, 0.2) is 69.0 Å². The largest absolute Gasteiger partial charge is 0.493 e. The number of nitrogens with zero attached hydrogens (tertiary/aromatic N) is 6. The van der Waals surface area contributed by atoms with Crippen molar-refractivity contribution < 1.29 is 157 Å². The van der Waals surface area contributed by atoms with E-state index in [-0.39, 0.29) is 230 Å². The maximum absolute atomic E-state index is 11.0. The van der Waals surface area contributed by atoms with Crippen LogP contribution in [0.5, 0.6) is 69.0 Å². The van der Waals surface area contributed by atoms with Gasteiger partial charge in [0, 0.05) is 156 Å². The minimum atomic E-state index is -3.12. The Morgan fingerprint density at radius 2 is 0.435 bits per heavy atom. The maximum Gasteiger partial charge on any atom is 0.161 e. The second-order valence-corrected chi connectivity index (χ2v) is 37.7. The molecule has 12 heterocycles. The molecule has 24 nitrogen and oxygen atoms in total. The molecule has 0 saturated carbocycles. The lowest BCUT2D eigenvalue weighted by molar-refractivity contribution is -0.0192. The summed E-state index contributed by atoms with van der Waals surface area (Å²) < 4.78 is 482. The monoisotopic (exact) mass is 1970 g/mol. The maximum atomic E-state index is 11.0. The Labute approximate surface area is 898 Å². The first kappa shape index (κ1) is 58.4. The summed E-state index contributed by atoms with van der Waals surface area (Å²) in [6.07, 6.45) is -13.4. The number of hydrogen-bond acceptors (Lipinski definition) is 24. The highest BCUT2D eigenvalue weighted by Crippen LogP contribution is 2.52. The molecule has 0 radical (unpaired) electrons. The predicted molar refractivity (Wildman–Crippen MR) is 547 cm³/mol. The highest BCUT2D eigenvalue weighted by Gasteiger charge is 2.47. The van der Waals surface area contributed by atoms with E-state index >= 15 is 0 Å². The van der Waals surface area contributed by atoms with Crippen LogP contribution in [0.3, 0.4) is 0 Å². The third-order valence-corrected chi connectivity index (χ3v) is 26.8. The van der Waals surface area contributed by atoms with E-state index in [9.17, 15) is 30.6 Å². The molecule has 0 aromatic heterocycles. The Morgan fingerprint density at radius 1 is 0.275 bits per heavy atom. The van der Waals surface area contributed by atoms with E-state index < -0.39 is 238 Å². The van der Waals surface area contributed by atoms with Crippen molar-refractivity contribution >= 4 is 0 Å². The van der Waals surface area contributed by atoms with Crippen LogP contribution in [0.15, 0.2) is 72.5 Å². The highest BCUT2D eigenvalue weighted by atomic mass is 16.5. The average molecular weight is 1970 g/mol. The van der Waals surface area contributed by atoms with Gasteiger partial charge in [-0.1, -0.05) is 82.9 Å². The molecule has 138 heavy (non-hydrogen) atoms. The van der Waals surface area contributed by atoms with E-state index in [1.165, 1.54) is 78.7 Å². The van der Waals surface area contributed by atoms with E-state index in [1.54, 1.807) is 14.7 Å². The molecule has 12 aliphatic rings. The van der Waals surface area contributed by atoms with Crippen LogP contribution >= 0.6 is 0 Å². The Balaban J connectivity index is 0.000000184. The first-order valence-electron chi connectivity index (χ1n) is 72.8. The van der Waals surface area contributed by atoms with Crippen molar-refractivity contribution in [2.24, 2.45) is 70.9 Å². The van der Waals surface area contributed by atoms with Crippen LogP contribution in [0.4, 0.5) is 0 Å². The molecular formula is C114H174N6O18. The highest BCUT2D eigenvalue weighted by molar-refractivity contribution is 5.55. The van der Waals surface area contributed by atoms with E-state index in [1.807, 2.05) is 41.5 Å². The van der Waals surface area contributed by atoms with Crippen molar-refractivity contribution in [1.29, 1.82) is 0 Å². The number of hydrogen-bond donors (Lipinski definition) is 6. The van der Waals surface area contributed by atoms with E-state index in [4.69, 9.17) is 127 Å². The van der Waals surface area contributed by atoms with Crippen molar-refractivity contribution in [3.05, 3.63) is 139 Å². The summed E-state index contributed by atoms with van der Waals surface area (Å²) >= 11 is 0. The molecule has 24 heteroatoms. The number of ether oxygens (including phenoxy) is 12. The zero-order valence-electron chi connectivity index (χ0n) is 133. The third-order valence-electron chi connectivity index (χ3n) is 26.8. The standard InChI is InChI=1S/6C19H29NO3/c6*1-12(2)7-14-11-20-6-5-13-8-18(22-3)19(23-4)9-15(13)16(20)10-17(14)21/h6*8-9,12,14,16-17,21H,5-7,10-11H2,1-4H3/i1D3,4D3,7D2,8D,9D,11D2,12D;2*1D3,7D2,8D,9D,11D2,12D;2*4D3,8D,9D,11D2;8D,9D,11D2. The molecule has 6 fully saturated rings. The number of aliphatic hydroxyl groups is 6. The fraction of sp³-hybridized carbons (Fsp3) is 0.684. The molecular weight excluding hydrogens is 1740 g/mol. The van der Waals surface area contributed by atoms with Gasteiger partial charge in [0.2, 0.25) is 0 Å². The minimum absolute atomic E-state index is 0.00800. The summed E-state index contributed by atoms with van der Waals surface area (Å²) in [7, 11) is 3.39. The second-order valence-electron chi connectivity index (χ2n) is 37.7. The summed E-state index contributed by atoms with van der Waals surface area (Å²) in [5, 5.41) is 65.4. The zero-order chi connectivity index (χ0) is 144. The van der Waals surface area contributed by atoms with Crippen LogP contribution in [-0.2, 0) is 38.5 Å². The van der Waals surface area contributed by atoms with Crippen molar-refractivity contribution in [2.75, 3.05) is 163 Å². The molecule has 0 amide bonds. The molecule has 21 unspecified atom stereocenters. The first-order valence-corrected chi connectivity index (χ1v) is 47.3. The van der Waals surface area contributed by atoms with Gasteiger partial charge in [0.1, 0.15) is 0 Å². The summed E-state index contributed by atoms with van der Waals surface area (Å²) in [6, 6.07) is -5.69. The summed E-state index contributed by atoms with van der Waals surface area (Å²) in [5.41, 5.74) is 4.89. The van der Waals surface area contributed by atoms with Crippen LogP contribution in [-0.4, -0.2) is 260 Å². The van der Waals surface area contributed by atoms with Gasteiger partial charge in [-0.25, -0.2) is 0 Å². The van der Waals surface area contributed by atoms with Gasteiger partial charge < -0.3 is 87.5 Å². The zero-order valence-corrected chi connectivity index (χ0v) is 82.2. The lowest BCUT2D eigenvalue weighted by Gasteiger charge is -2.46. The van der Waals surface area contributed by atoms with Crippen molar-refractivity contribution in [3.8, 4) is 69.0 Å². The molecule has 0 aliphatic carbocycles. The number of piperidine rings is 6. The van der Waals surface area contributed by atoms with Gasteiger partial charge in [-0.2, -0.15) is 0 Å². The van der Waals surface area contributed by atoms with Crippen LogP contribution < -0.4 is 56.8 Å². The minimum Gasteiger partial charge on any atom is -0.493 e. The number of rotatable bonds is 24. The van der Waals surface area contributed by atoms with Crippen LogP contribution in [0.1, 0.15) is 333 Å². The Bertz CT molecular complexity index is 7150. The molecule has 6 saturated heterocycles. The molecule has 12 aliphatic heterocycles.